The van der Waals surface area contributed by atoms with Crippen molar-refractivity contribution in [2.24, 2.45) is 0 Å². The normalized spacial score (nSPS) is 11.7. The van der Waals surface area contributed by atoms with Crippen LogP contribution in [0.2, 0.25) is 0 Å². The lowest BCUT2D eigenvalue weighted by atomic mass is 10.0. The lowest BCUT2D eigenvalue weighted by molar-refractivity contribution is 0.232. The summed E-state index contributed by atoms with van der Waals surface area (Å²) in [4.78, 5) is 16.0. The number of nitrogens with zero attached hydrogens (tertiary/aromatic N) is 1. The maximum absolute atomic E-state index is 13.4. The number of pyridine rings is 1. The molecule has 5 nitrogen and oxygen atoms in total. The first-order chi connectivity index (χ1) is 10.2. The Morgan fingerprint density at radius 1 is 1.29 bits per heavy atom. The molecule has 1 heterocycles. The van der Waals surface area contributed by atoms with E-state index >= 15 is 0 Å². The zero-order valence-corrected chi connectivity index (χ0v) is 11.3. The number of hydrogen-bond donors (Lipinski definition) is 3. The molecule has 2 aromatic rings. The summed E-state index contributed by atoms with van der Waals surface area (Å²) in [5.74, 6) is -0.383. The fourth-order valence-corrected chi connectivity index (χ4v) is 1.91. The molecule has 21 heavy (non-hydrogen) atoms. The molecule has 0 aliphatic rings. The number of rotatable bonds is 5. The van der Waals surface area contributed by atoms with Crippen molar-refractivity contribution in [3.63, 3.8) is 0 Å². The van der Waals surface area contributed by atoms with Crippen LogP contribution in [0.25, 0.3) is 0 Å². The van der Waals surface area contributed by atoms with Crippen LogP contribution in [0.5, 0.6) is 0 Å². The van der Waals surface area contributed by atoms with Gasteiger partial charge in [0.1, 0.15) is 5.82 Å². The van der Waals surface area contributed by atoms with Crippen molar-refractivity contribution in [2.75, 3.05) is 13.2 Å². The number of hydrogen-bond acceptors (Lipinski definition) is 3. The highest BCUT2D eigenvalue weighted by atomic mass is 19.1. The topological polar surface area (TPSA) is 74.2 Å². The van der Waals surface area contributed by atoms with Gasteiger partial charge in [-0.2, -0.15) is 0 Å². The molecule has 0 aliphatic carbocycles. The van der Waals surface area contributed by atoms with Crippen molar-refractivity contribution in [1.82, 2.24) is 15.6 Å². The minimum Gasteiger partial charge on any atom is -0.395 e. The van der Waals surface area contributed by atoms with Gasteiger partial charge in [0.15, 0.2) is 0 Å². The van der Waals surface area contributed by atoms with Gasteiger partial charge in [-0.3, -0.25) is 4.98 Å². The number of urea groups is 1. The predicted octanol–water partition coefficient (Wildman–Crippen LogP) is 1.60. The molecule has 2 amide bonds. The largest absolute Gasteiger partial charge is 0.395 e. The summed E-state index contributed by atoms with van der Waals surface area (Å²) in [7, 11) is 0. The Morgan fingerprint density at radius 3 is 2.81 bits per heavy atom. The Labute approximate surface area is 121 Å². The van der Waals surface area contributed by atoms with E-state index in [2.05, 4.69) is 15.6 Å². The van der Waals surface area contributed by atoms with Gasteiger partial charge in [0.25, 0.3) is 0 Å². The second kappa shape index (κ2) is 7.35. The van der Waals surface area contributed by atoms with Gasteiger partial charge in [-0.05, 0) is 29.8 Å². The molecule has 1 unspecified atom stereocenters. The van der Waals surface area contributed by atoms with Crippen LogP contribution in [0.3, 0.4) is 0 Å². The van der Waals surface area contributed by atoms with E-state index in [9.17, 15) is 9.18 Å². The maximum atomic E-state index is 13.4. The van der Waals surface area contributed by atoms with Crippen LogP contribution in [0, 0.1) is 5.82 Å². The summed E-state index contributed by atoms with van der Waals surface area (Å²) in [6, 6.07) is 10.3. The highest BCUT2D eigenvalue weighted by Crippen LogP contribution is 2.20. The number of aromatic nitrogens is 1. The second-order valence-corrected chi connectivity index (χ2v) is 4.37. The Morgan fingerprint density at radius 2 is 2.14 bits per heavy atom. The Bertz CT molecular complexity index is 592. The van der Waals surface area contributed by atoms with Crippen molar-refractivity contribution >= 4 is 6.03 Å². The third kappa shape index (κ3) is 4.25. The third-order valence-electron chi connectivity index (χ3n) is 2.84. The molecule has 1 aromatic carbocycles. The second-order valence-electron chi connectivity index (χ2n) is 4.37. The predicted molar refractivity (Wildman–Crippen MR) is 76.1 cm³/mol. The first-order valence-corrected chi connectivity index (χ1v) is 6.52. The van der Waals surface area contributed by atoms with Gasteiger partial charge in [-0.1, -0.05) is 18.2 Å². The molecule has 2 rings (SSSR count). The quantitative estimate of drug-likeness (QED) is 0.782. The van der Waals surface area contributed by atoms with Crippen LogP contribution in [0.15, 0.2) is 48.7 Å². The Kier molecular flexibility index (Phi) is 5.22. The fraction of sp³-hybridized carbons (Fsp3) is 0.200. The summed E-state index contributed by atoms with van der Waals surface area (Å²) in [6.45, 7) is -0.00837. The molecule has 110 valence electrons. The van der Waals surface area contributed by atoms with Crippen LogP contribution >= 0.6 is 0 Å². The van der Waals surface area contributed by atoms with Gasteiger partial charge in [-0.25, -0.2) is 9.18 Å². The molecule has 0 fully saturated rings. The van der Waals surface area contributed by atoms with Crippen molar-refractivity contribution < 1.29 is 14.3 Å². The molecule has 0 bridgehead atoms. The summed E-state index contributed by atoms with van der Waals surface area (Å²) in [5, 5.41) is 13.9. The zero-order valence-electron chi connectivity index (χ0n) is 11.3. The smallest absolute Gasteiger partial charge is 0.315 e. The minimum absolute atomic E-state index is 0.143. The highest BCUT2D eigenvalue weighted by Gasteiger charge is 2.18. The van der Waals surface area contributed by atoms with E-state index in [4.69, 9.17) is 5.11 Å². The summed E-state index contributed by atoms with van der Waals surface area (Å²) in [6.07, 6.45) is 1.61. The van der Waals surface area contributed by atoms with Crippen LogP contribution in [-0.4, -0.2) is 29.3 Å². The first-order valence-electron chi connectivity index (χ1n) is 6.52. The van der Waals surface area contributed by atoms with Crippen LogP contribution in [0.4, 0.5) is 9.18 Å². The molecular weight excluding hydrogens is 273 g/mol. The van der Waals surface area contributed by atoms with Crippen molar-refractivity contribution in [1.29, 1.82) is 0 Å². The van der Waals surface area contributed by atoms with E-state index in [1.165, 1.54) is 12.1 Å². The first kappa shape index (κ1) is 14.9. The van der Waals surface area contributed by atoms with Crippen molar-refractivity contribution in [3.8, 4) is 0 Å². The molecule has 0 aliphatic heterocycles. The molecule has 0 saturated carbocycles. The molecule has 3 N–H and O–H groups in total. The van der Waals surface area contributed by atoms with Gasteiger partial charge >= 0.3 is 6.03 Å². The average Bonchev–Trinajstić information content (AvgIpc) is 2.51. The summed E-state index contributed by atoms with van der Waals surface area (Å²) >= 11 is 0. The van der Waals surface area contributed by atoms with Crippen molar-refractivity contribution in [2.45, 2.75) is 6.04 Å². The van der Waals surface area contributed by atoms with Crippen LogP contribution in [-0.2, 0) is 0 Å². The van der Waals surface area contributed by atoms with Crippen LogP contribution in [0.1, 0.15) is 17.3 Å². The number of benzene rings is 1. The number of amides is 2. The van der Waals surface area contributed by atoms with Gasteiger partial charge in [-0.15, -0.1) is 0 Å². The molecular formula is C15H16FN3O2. The van der Waals surface area contributed by atoms with E-state index in [-0.39, 0.29) is 19.0 Å². The average molecular weight is 289 g/mol. The Hall–Kier alpha value is -2.47. The number of aliphatic hydroxyl groups is 1. The SMILES string of the molecule is O=C(NCCO)NC(c1cccc(F)c1)c1ccccn1. The molecule has 0 saturated heterocycles. The molecule has 6 heteroatoms. The number of carbonyl (C=O) groups excluding carboxylic acids is 1. The van der Waals surface area contributed by atoms with Gasteiger partial charge in [0.2, 0.25) is 0 Å². The monoisotopic (exact) mass is 289 g/mol. The molecule has 1 atom stereocenters. The number of carbonyl (C=O) groups is 1. The van der Waals surface area contributed by atoms with Crippen LogP contribution < -0.4 is 10.6 Å². The van der Waals surface area contributed by atoms with E-state index in [0.717, 1.165) is 0 Å². The minimum atomic E-state index is -0.569. The molecule has 1 aromatic heterocycles. The molecule has 0 radical (unpaired) electrons. The number of aliphatic hydroxyl groups excluding tert-OH is 1. The van der Waals surface area contributed by atoms with E-state index < -0.39 is 12.1 Å². The van der Waals surface area contributed by atoms with E-state index in [0.29, 0.717) is 11.3 Å². The maximum Gasteiger partial charge on any atom is 0.315 e. The zero-order chi connectivity index (χ0) is 15.1. The lowest BCUT2D eigenvalue weighted by Gasteiger charge is -2.19. The number of halogens is 1. The van der Waals surface area contributed by atoms with E-state index in [1.807, 2.05) is 0 Å². The summed E-state index contributed by atoms with van der Waals surface area (Å²) in [5.41, 5.74) is 1.19. The molecule has 0 spiro atoms. The highest BCUT2D eigenvalue weighted by molar-refractivity contribution is 5.74. The third-order valence-corrected chi connectivity index (χ3v) is 2.84. The van der Waals surface area contributed by atoms with E-state index in [1.54, 1.807) is 36.5 Å². The number of nitrogens with one attached hydrogen (secondary N) is 2. The fourth-order valence-electron chi connectivity index (χ4n) is 1.91. The summed E-state index contributed by atoms with van der Waals surface area (Å²) < 4.78 is 13.4. The Balaban J connectivity index is 2.25. The van der Waals surface area contributed by atoms with Crippen molar-refractivity contribution in [3.05, 3.63) is 65.7 Å². The van der Waals surface area contributed by atoms with Gasteiger partial charge in [0, 0.05) is 12.7 Å². The van der Waals surface area contributed by atoms with Gasteiger partial charge < -0.3 is 15.7 Å². The standard InChI is InChI=1S/C15H16FN3O2/c16-12-5-3-4-11(10-12)14(13-6-1-2-7-17-13)19-15(21)18-8-9-20/h1-7,10,14,20H,8-9H2,(H2,18,19,21). The lowest BCUT2D eigenvalue weighted by Crippen LogP contribution is -2.39. The van der Waals surface area contributed by atoms with Gasteiger partial charge in [0.05, 0.1) is 18.3 Å².